The van der Waals surface area contributed by atoms with Crippen LogP contribution in [0.15, 0.2) is 36.4 Å². The number of benzene rings is 1. The van der Waals surface area contributed by atoms with Gasteiger partial charge in [0.2, 0.25) is 0 Å². The monoisotopic (exact) mass is 218 g/mol. The summed E-state index contributed by atoms with van der Waals surface area (Å²) >= 11 is 0. The lowest BCUT2D eigenvalue weighted by atomic mass is 10.0. The van der Waals surface area contributed by atoms with E-state index >= 15 is 0 Å². The van der Waals surface area contributed by atoms with Crippen molar-refractivity contribution in [2.24, 2.45) is 0 Å². The molecular formula is C16H26. The molecule has 1 saturated carbocycles. The van der Waals surface area contributed by atoms with Crippen LogP contribution < -0.4 is 0 Å². The van der Waals surface area contributed by atoms with Crippen LogP contribution in [0.5, 0.6) is 0 Å². The first kappa shape index (κ1) is 13.3. The van der Waals surface area contributed by atoms with Gasteiger partial charge in [0, 0.05) is 0 Å². The Bertz CT molecular complexity index is 155. The maximum absolute atomic E-state index is 2.00. The Morgan fingerprint density at radius 1 is 0.250 bits per heavy atom. The highest BCUT2D eigenvalue weighted by molar-refractivity contribution is 4.99. The topological polar surface area (TPSA) is 0 Å². The zero-order valence-electron chi connectivity index (χ0n) is 10.5. The molecule has 0 spiro atoms. The number of hydrogen-bond donors (Lipinski definition) is 0. The standard InChI is InChI=1S/C10H20.C6H6/c1-2-4-6-8-10-9-7-5-3-1;1-2-4-6-5-3-1/h1-10H2;1-6H. The van der Waals surface area contributed by atoms with Crippen LogP contribution in [0.4, 0.5) is 0 Å². The van der Waals surface area contributed by atoms with Gasteiger partial charge in [0.1, 0.15) is 0 Å². The molecule has 1 aliphatic carbocycles. The van der Waals surface area contributed by atoms with Crippen LogP contribution in [0.1, 0.15) is 64.2 Å². The largest absolute Gasteiger partial charge is 0.0623 e. The molecule has 1 aromatic rings. The van der Waals surface area contributed by atoms with Crippen LogP contribution in [0.3, 0.4) is 0 Å². The van der Waals surface area contributed by atoms with Crippen LogP contribution in [-0.2, 0) is 0 Å². The Kier molecular flexibility index (Phi) is 8.91. The number of hydrogen-bond acceptors (Lipinski definition) is 0. The second-order valence-corrected chi connectivity index (χ2v) is 4.69. The fraction of sp³-hybridized carbons (Fsp3) is 0.625. The molecule has 90 valence electrons. The third-order valence-electron chi connectivity index (χ3n) is 3.17. The van der Waals surface area contributed by atoms with E-state index in [2.05, 4.69) is 0 Å². The third-order valence-corrected chi connectivity index (χ3v) is 3.17. The highest BCUT2D eigenvalue weighted by atomic mass is 14.0. The molecule has 0 unspecified atom stereocenters. The van der Waals surface area contributed by atoms with Gasteiger partial charge in [0.25, 0.3) is 0 Å². The molecule has 0 aromatic heterocycles. The van der Waals surface area contributed by atoms with Crippen LogP contribution in [0.25, 0.3) is 0 Å². The average Bonchev–Trinajstić information content (AvgIpc) is 2.39. The summed E-state index contributed by atoms with van der Waals surface area (Å²) < 4.78 is 0. The average molecular weight is 218 g/mol. The quantitative estimate of drug-likeness (QED) is 0.532. The molecule has 1 fully saturated rings. The predicted octanol–water partition coefficient (Wildman–Crippen LogP) is 5.59. The molecule has 0 amide bonds. The molecule has 0 bridgehead atoms. The molecule has 16 heavy (non-hydrogen) atoms. The Morgan fingerprint density at radius 2 is 0.375 bits per heavy atom. The summed E-state index contributed by atoms with van der Waals surface area (Å²) in [6.45, 7) is 0. The molecule has 1 aliphatic rings. The van der Waals surface area contributed by atoms with Gasteiger partial charge in [-0.3, -0.25) is 0 Å². The van der Waals surface area contributed by atoms with Crippen LogP contribution in [0, 0.1) is 0 Å². The van der Waals surface area contributed by atoms with Crippen molar-refractivity contribution in [3.63, 3.8) is 0 Å². The van der Waals surface area contributed by atoms with E-state index in [4.69, 9.17) is 0 Å². The molecule has 0 radical (unpaired) electrons. The molecule has 0 heteroatoms. The first-order chi connectivity index (χ1) is 8.00. The van der Waals surface area contributed by atoms with Gasteiger partial charge in [0.05, 0.1) is 0 Å². The van der Waals surface area contributed by atoms with E-state index in [0.29, 0.717) is 0 Å². The van der Waals surface area contributed by atoms with Gasteiger partial charge in [-0.05, 0) is 0 Å². The van der Waals surface area contributed by atoms with Gasteiger partial charge in [-0.25, -0.2) is 0 Å². The zero-order valence-corrected chi connectivity index (χ0v) is 10.5. The minimum atomic E-state index is 1.50. The van der Waals surface area contributed by atoms with Gasteiger partial charge in [0.15, 0.2) is 0 Å². The maximum Gasteiger partial charge on any atom is -0.0533 e. The lowest BCUT2D eigenvalue weighted by Crippen LogP contribution is -1.85. The fourth-order valence-electron chi connectivity index (χ4n) is 2.15. The second-order valence-electron chi connectivity index (χ2n) is 4.69. The Hall–Kier alpha value is -0.780. The van der Waals surface area contributed by atoms with E-state index in [-0.39, 0.29) is 0 Å². The van der Waals surface area contributed by atoms with Crippen molar-refractivity contribution in [1.29, 1.82) is 0 Å². The van der Waals surface area contributed by atoms with Crippen molar-refractivity contribution >= 4 is 0 Å². The van der Waals surface area contributed by atoms with Crippen molar-refractivity contribution < 1.29 is 0 Å². The van der Waals surface area contributed by atoms with Crippen molar-refractivity contribution in [2.75, 3.05) is 0 Å². The van der Waals surface area contributed by atoms with E-state index in [0.717, 1.165) is 0 Å². The van der Waals surface area contributed by atoms with E-state index < -0.39 is 0 Å². The second kappa shape index (κ2) is 10.7. The predicted molar refractivity (Wildman–Crippen MR) is 72.6 cm³/mol. The molecule has 2 rings (SSSR count). The normalized spacial score (nSPS) is 18.0. The minimum Gasteiger partial charge on any atom is -0.0623 e. The first-order valence-electron chi connectivity index (χ1n) is 7.00. The summed E-state index contributed by atoms with van der Waals surface area (Å²) in [5, 5.41) is 0. The van der Waals surface area contributed by atoms with Gasteiger partial charge < -0.3 is 0 Å². The third kappa shape index (κ3) is 8.52. The van der Waals surface area contributed by atoms with Crippen molar-refractivity contribution in [1.82, 2.24) is 0 Å². The van der Waals surface area contributed by atoms with Gasteiger partial charge >= 0.3 is 0 Å². The summed E-state index contributed by atoms with van der Waals surface area (Å²) in [4.78, 5) is 0. The lowest BCUT2D eigenvalue weighted by Gasteiger charge is -2.05. The first-order valence-corrected chi connectivity index (χ1v) is 7.00. The summed E-state index contributed by atoms with van der Waals surface area (Å²) in [5.41, 5.74) is 0. The molecule has 0 saturated heterocycles. The summed E-state index contributed by atoms with van der Waals surface area (Å²) in [7, 11) is 0. The van der Waals surface area contributed by atoms with Gasteiger partial charge in [-0.15, -0.1) is 0 Å². The smallest absolute Gasteiger partial charge is 0.0533 e. The highest BCUT2D eigenvalue weighted by Crippen LogP contribution is 2.15. The number of rotatable bonds is 0. The Morgan fingerprint density at radius 3 is 0.500 bits per heavy atom. The summed E-state index contributed by atoms with van der Waals surface area (Å²) in [5.74, 6) is 0. The fourth-order valence-corrected chi connectivity index (χ4v) is 2.15. The molecule has 0 N–H and O–H groups in total. The zero-order chi connectivity index (χ0) is 11.3. The van der Waals surface area contributed by atoms with Crippen LogP contribution >= 0.6 is 0 Å². The molecular weight excluding hydrogens is 192 g/mol. The SMILES string of the molecule is C1CCCCCCCCC1.c1ccccc1. The minimum absolute atomic E-state index is 1.50. The maximum atomic E-state index is 2.00. The lowest BCUT2D eigenvalue weighted by molar-refractivity contribution is 0.504. The van der Waals surface area contributed by atoms with E-state index in [1.807, 2.05) is 36.4 Å². The van der Waals surface area contributed by atoms with Crippen molar-refractivity contribution in [2.45, 2.75) is 64.2 Å². The van der Waals surface area contributed by atoms with Crippen molar-refractivity contribution in [3.05, 3.63) is 36.4 Å². The molecule has 0 atom stereocenters. The van der Waals surface area contributed by atoms with Crippen molar-refractivity contribution in [3.8, 4) is 0 Å². The summed E-state index contributed by atoms with van der Waals surface area (Å²) in [6.07, 6.45) is 15.0. The molecule has 0 aliphatic heterocycles. The van der Waals surface area contributed by atoms with E-state index in [9.17, 15) is 0 Å². The van der Waals surface area contributed by atoms with E-state index in [1.165, 1.54) is 64.2 Å². The highest BCUT2D eigenvalue weighted by Gasteiger charge is 1.95. The van der Waals surface area contributed by atoms with Gasteiger partial charge in [-0.1, -0.05) is 101 Å². The molecule has 1 aromatic carbocycles. The van der Waals surface area contributed by atoms with E-state index in [1.54, 1.807) is 0 Å². The van der Waals surface area contributed by atoms with Crippen LogP contribution in [-0.4, -0.2) is 0 Å². The summed E-state index contributed by atoms with van der Waals surface area (Å²) in [6, 6.07) is 12.0. The molecule has 0 nitrogen and oxygen atoms in total. The van der Waals surface area contributed by atoms with Gasteiger partial charge in [-0.2, -0.15) is 0 Å². The molecule has 0 heterocycles. The Balaban J connectivity index is 0.000000181. The van der Waals surface area contributed by atoms with Crippen LogP contribution in [0.2, 0.25) is 0 Å². The Labute approximate surface area is 101 Å².